The van der Waals surface area contributed by atoms with E-state index in [0.717, 1.165) is 5.56 Å². The summed E-state index contributed by atoms with van der Waals surface area (Å²) < 4.78 is 1.28. The molecule has 1 heterocycles. The van der Waals surface area contributed by atoms with Crippen LogP contribution >= 0.6 is 0 Å². The number of carbonyl (C=O) groups is 2. The fraction of sp³-hybridized carbons (Fsp3) is 0.250. The van der Waals surface area contributed by atoms with Crippen LogP contribution < -0.4 is 16.4 Å². The third kappa shape index (κ3) is 5.25. The maximum absolute atomic E-state index is 12.7. The van der Waals surface area contributed by atoms with Gasteiger partial charge in [0.2, 0.25) is 0 Å². The average Bonchev–Trinajstić information content (AvgIpc) is 2.78. The zero-order valence-electron chi connectivity index (χ0n) is 17.9. The van der Waals surface area contributed by atoms with Crippen molar-refractivity contribution in [1.29, 1.82) is 0 Å². The van der Waals surface area contributed by atoms with Gasteiger partial charge >= 0.3 is 0 Å². The van der Waals surface area contributed by atoms with E-state index in [0.29, 0.717) is 29.7 Å². The third-order valence-electron chi connectivity index (χ3n) is 4.85. The van der Waals surface area contributed by atoms with E-state index in [4.69, 9.17) is 0 Å². The van der Waals surface area contributed by atoms with Gasteiger partial charge < -0.3 is 0 Å². The van der Waals surface area contributed by atoms with Gasteiger partial charge in [0.25, 0.3) is 17.4 Å². The van der Waals surface area contributed by atoms with E-state index in [1.807, 2.05) is 31.2 Å². The summed E-state index contributed by atoms with van der Waals surface area (Å²) in [4.78, 5) is 37.3. The molecule has 0 aliphatic heterocycles. The van der Waals surface area contributed by atoms with Crippen molar-refractivity contribution in [3.8, 4) is 0 Å². The highest BCUT2D eigenvalue weighted by Crippen LogP contribution is 2.15. The van der Waals surface area contributed by atoms with E-state index in [1.54, 1.807) is 30.3 Å². The molecule has 0 fully saturated rings. The van der Waals surface area contributed by atoms with Gasteiger partial charge in [-0.05, 0) is 35.6 Å². The Morgan fingerprint density at radius 2 is 1.71 bits per heavy atom. The summed E-state index contributed by atoms with van der Waals surface area (Å²) in [5.74, 6) is -0.635. The van der Waals surface area contributed by atoms with E-state index >= 15 is 0 Å². The Labute approximate surface area is 180 Å². The maximum atomic E-state index is 12.7. The van der Waals surface area contributed by atoms with Crippen LogP contribution in [0.3, 0.4) is 0 Å². The fourth-order valence-corrected chi connectivity index (χ4v) is 3.15. The maximum Gasteiger partial charge on any atom is 0.290 e. The van der Waals surface area contributed by atoms with Crippen LogP contribution in [0.25, 0.3) is 16.8 Å². The van der Waals surface area contributed by atoms with Crippen molar-refractivity contribution in [2.75, 3.05) is 0 Å². The number of carbonyl (C=O) groups excluding carboxylic acids is 2. The van der Waals surface area contributed by atoms with E-state index in [-0.39, 0.29) is 11.3 Å². The van der Waals surface area contributed by atoms with E-state index in [2.05, 4.69) is 29.8 Å². The predicted molar refractivity (Wildman–Crippen MR) is 121 cm³/mol. The SMILES string of the molecule is CCCn1nc(C(=O)NNC(=O)/C=C/c2ccc(C(C)C)cc2)c2ccccc2c1=O. The largest absolute Gasteiger partial charge is 0.290 e. The molecule has 160 valence electrons. The van der Waals surface area contributed by atoms with Gasteiger partial charge in [-0.3, -0.25) is 25.2 Å². The highest BCUT2D eigenvalue weighted by molar-refractivity contribution is 6.05. The second kappa shape index (κ2) is 9.84. The van der Waals surface area contributed by atoms with Crippen LogP contribution in [0, 0.1) is 0 Å². The molecule has 7 heteroatoms. The summed E-state index contributed by atoms with van der Waals surface area (Å²) in [6.07, 6.45) is 3.71. The first-order valence-corrected chi connectivity index (χ1v) is 10.3. The summed E-state index contributed by atoms with van der Waals surface area (Å²) in [7, 11) is 0. The number of nitrogens with one attached hydrogen (secondary N) is 2. The Bertz CT molecular complexity index is 1180. The lowest BCUT2D eigenvalue weighted by Gasteiger charge is -2.10. The number of amides is 2. The third-order valence-corrected chi connectivity index (χ3v) is 4.85. The first kappa shape index (κ1) is 22.0. The number of rotatable bonds is 6. The van der Waals surface area contributed by atoms with Gasteiger partial charge in [0, 0.05) is 18.0 Å². The van der Waals surface area contributed by atoms with Crippen molar-refractivity contribution in [2.45, 2.75) is 39.7 Å². The molecule has 3 rings (SSSR count). The minimum Gasteiger partial charge on any atom is -0.268 e. The van der Waals surface area contributed by atoms with E-state index in [9.17, 15) is 14.4 Å². The number of hydrogen-bond acceptors (Lipinski definition) is 4. The molecule has 0 bridgehead atoms. The molecule has 2 aromatic carbocycles. The summed E-state index contributed by atoms with van der Waals surface area (Å²) in [5, 5.41) is 5.05. The second-order valence-corrected chi connectivity index (χ2v) is 7.52. The molecule has 7 nitrogen and oxygen atoms in total. The van der Waals surface area contributed by atoms with Crippen molar-refractivity contribution in [1.82, 2.24) is 20.6 Å². The summed E-state index contributed by atoms with van der Waals surface area (Å²) in [6.45, 7) is 6.56. The first-order valence-electron chi connectivity index (χ1n) is 10.3. The highest BCUT2D eigenvalue weighted by Gasteiger charge is 2.16. The summed E-state index contributed by atoms with van der Waals surface area (Å²) >= 11 is 0. The molecule has 1 aromatic heterocycles. The molecule has 0 aliphatic carbocycles. The molecule has 0 unspecified atom stereocenters. The van der Waals surface area contributed by atoms with Gasteiger partial charge in [0.05, 0.1) is 5.39 Å². The monoisotopic (exact) mass is 418 g/mol. The zero-order chi connectivity index (χ0) is 22.4. The van der Waals surface area contributed by atoms with Crippen molar-refractivity contribution < 1.29 is 9.59 Å². The molecule has 0 radical (unpaired) electrons. The van der Waals surface area contributed by atoms with Crippen LogP contribution in [0.1, 0.15) is 54.7 Å². The smallest absolute Gasteiger partial charge is 0.268 e. The topological polar surface area (TPSA) is 93.1 Å². The van der Waals surface area contributed by atoms with Crippen LogP contribution in [-0.2, 0) is 11.3 Å². The Morgan fingerprint density at radius 1 is 1.03 bits per heavy atom. The van der Waals surface area contributed by atoms with Crippen molar-refractivity contribution >= 4 is 28.7 Å². The standard InChI is InChI=1S/C24H26N4O3/c1-4-15-28-24(31)20-8-6-5-7-19(20)22(27-28)23(30)26-25-21(29)14-11-17-9-12-18(13-10-17)16(2)3/h5-14,16H,4,15H2,1-3H3,(H,25,29)(H,26,30)/b14-11+. The molecular formula is C24H26N4O3. The number of nitrogens with zero attached hydrogens (tertiary/aromatic N) is 2. The molecule has 0 spiro atoms. The number of aryl methyl sites for hydroxylation is 1. The number of fused-ring (bicyclic) bond motifs is 1. The Hall–Kier alpha value is -3.74. The van der Waals surface area contributed by atoms with E-state index in [1.165, 1.54) is 16.3 Å². The Kier molecular flexibility index (Phi) is 6.97. The highest BCUT2D eigenvalue weighted by atomic mass is 16.2. The van der Waals surface area contributed by atoms with Crippen molar-refractivity contribution in [3.63, 3.8) is 0 Å². The van der Waals surface area contributed by atoms with E-state index < -0.39 is 11.8 Å². The van der Waals surface area contributed by atoms with Crippen molar-refractivity contribution in [3.05, 3.63) is 81.8 Å². The lowest BCUT2D eigenvalue weighted by molar-refractivity contribution is -0.117. The molecule has 0 aliphatic rings. The Balaban J connectivity index is 1.71. The van der Waals surface area contributed by atoms with Crippen LogP contribution in [0.15, 0.2) is 59.4 Å². The van der Waals surface area contributed by atoms with Gasteiger partial charge in [0.1, 0.15) is 0 Å². The van der Waals surface area contributed by atoms with Gasteiger partial charge in [0.15, 0.2) is 5.69 Å². The van der Waals surface area contributed by atoms with Crippen LogP contribution in [-0.4, -0.2) is 21.6 Å². The lowest BCUT2D eigenvalue weighted by Crippen LogP contribution is -2.42. The van der Waals surface area contributed by atoms with Crippen molar-refractivity contribution in [2.24, 2.45) is 0 Å². The lowest BCUT2D eigenvalue weighted by atomic mass is 10.0. The minimum atomic E-state index is -0.593. The van der Waals surface area contributed by atoms with Gasteiger partial charge in [-0.25, -0.2) is 4.68 Å². The van der Waals surface area contributed by atoms with Crippen LogP contribution in [0.5, 0.6) is 0 Å². The zero-order valence-corrected chi connectivity index (χ0v) is 17.9. The number of benzene rings is 2. The first-order chi connectivity index (χ1) is 14.9. The summed E-state index contributed by atoms with van der Waals surface area (Å²) in [5.41, 5.74) is 6.67. The second-order valence-electron chi connectivity index (χ2n) is 7.52. The molecule has 0 saturated carbocycles. The van der Waals surface area contributed by atoms with Crippen LogP contribution in [0.4, 0.5) is 0 Å². The van der Waals surface area contributed by atoms with Gasteiger partial charge in [-0.15, -0.1) is 0 Å². The summed E-state index contributed by atoms with van der Waals surface area (Å²) in [6, 6.07) is 14.7. The normalized spacial score (nSPS) is 11.2. The average molecular weight is 418 g/mol. The number of aromatic nitrogens is 2. The number of hydrogen-bond donors (Lipinski definition) is 2. The minimum absolute atomic E-state index is 0.0807. The molecule has 0 atom stereocenters. The van der Waals surface area contributed by atoms with Crippen LogP contribution in [0.2, 0.25) is 0 Å². The fourth-order valence-electron chi connectivity index (χ4n) is 3.15. The number of hydrazine groups is 1. The molecular weight excluding hydrogens is 392 g/mol. The van der Waals surface area contributed by atoms with Gasteiger partial charge in [-0.2, -0.15) is 5.10 Å². The quantitative estimate of drug-likeness (QED) is 0.474. The molecule has 0 saturated heterocycles. The molecule has 2 amide bonds. The molecule has 31 heavy (non-hydrogen) atoms. The van der Waals surface area contributed by atoms with Gasteiger partial charge in [-0.1, -0.05) is 63.2 Å². The molecule has 3 aromatic rings. The Morgan fingerprint density at radius 3 is 2.35 bits per heavy atom. The predicted octanol–water partition coefficient (Wildman–Crippen LogP) is 3.40. The molecule has 2 N–H and O–H groups in total.